The van der Waals surface area contributed by atoms with Gasteiger partial charge in [0.25, 0.3) is 0 Å². The van der Waals surface area contributed by atoms with Gasteiger partial charge >= 0.3 is 5.97 Å². The van der Waals surface area contributed by atoms with Crippen LogP contribution in [0.4, 0.5) is 0 Å². The van der Waals surface area contributed by atoms with Gasteiger partial charge in [0, 0.05) is 0 Å². The summed E-state index contributed by atoms with van der Waals surface area (Å²) >= 11 is 0. The maximum absolute atomic E-state index is 10.8. The Balaban J connectivity index is 2.64. The molecule has 0 aliphatic carbocycles. The van der Waals surface area contributed by atoms with Crippen molar-refractivity contribution in [1.29, 1.82) is 0 Å². The summed E-state index contributed by atoms with van der Waals surface area (Å²) in [5.41, 5.74) is 0. The Morgan fingerprint density at radius 2 is 1.05 bits per heavy atom. The minimum absolute atomic E-state index is 0.456. The van der Waals surface area contributed by atoms with Crippen molar-refractivity contribution < 1.29 is 38.3 Å². The number of hydrogen-bond donors (Lipinski definition) is 1. The van der Waals surface area contributed by atoms with Gasteiger partial charge in [0.1, 0.15) is 68.9 Å². The standard InChI is InChI=1S/C13H12O8/c14-13(15)12-11-20-8-7-18-4-3-16-1-2-17-5-6-19-9-10-21-12/h1-11H,(H,14,15). The van der Waals surface area contributed by atoms with Crippen LogP contribution in [0.15, 0.2) is 74.6 Å². The maximum Gasteiger partial charge on any atom is 0.375 e. The highest BCUT2D eigenvalue weighted by molar-refractivity contribution is 5.84. The van der Waals surface area contributed by atoms with E-state index in [1.807, 2.05) is 0 Å². The zero-order valence-electron chi connectivity index (χ0n) is 10.7. The van der Waals surface area contributed by atoms with Crippen LogP contribution in [-0.4, -0.2) is 11.1 Å². The molecule has 1 heterocycles. The van der Waals surface area contributed by atoms with Crippen molar-refractivity contribution in [3.63, 3.8) is 0 Å². The van der Waals surface area contributed by atoms with E-state index in [0.717, 1.165) is 31.3 Å². The molecule has 21 heavy (non-hydrogen) atoms. The van der Waals surface area contributed by atoms with Crippen LogP contribution in [0.3, 0.4) is 0 Å². The summed E-state index contributed by atoms with van der Waals surface area (Å²) in [4.78, 5) is 10.8. The van der Waals surface area contributed by atoms with Crippen LogP contribution < -0.4 is 0 Å². The highest BCUT2D eigenvalue weighted by Crippen LogP contribution is 2.00. The molecule has 0 aromatic rings. The first-order valence-corrected chi connectivity index (χ1v) is 5.43. The van der Waals surface area contributed by atoms with E-state index in [-0.39, 0.29) is 0 Å². The molecule has 0 saturated heterocycles. The summed E-state index contributed by atoms with van der Waals surface area (Å²) in [5, 5.41) is 8.82. The topological polar surface area (TPSA) is 92.7 Å². The van der Waals surface area contributed by atoms with Gasteiger partial charge in [-0.15, -0.1) is 0 Å². The second-order valence-corrected chi connectivity index (χ2v) is 2.95. The largest absolute Gasteiger partial charge is 0.475 e. The first-order valence-electron chi connectivity index (χ1n) is 5.43. The lowest BCUT2D eigenvalue weighted by atomic mass is 10.5. The van der Waals surface area contributed by atoms with E-state index in [1.165, 1.54) is 37.6 Å². The first-order chi connectivity index (χ1) is 10.3. The smallest absolute Gasteiger partial charge is 0.375 e. The molecule has 0 aromatic heterocycles. The summed E-state index contributed by atoms with van der Waals surface area (Å²) < 4.78 is 28.9. The van der Waals surface area contributed by atoms with Gasteiger partial charge < -0.3 is 33.5 Å². The lowest BCUT2D eigenvalue weighted by Gasteiger charge is -2.00. The molecule has 0 saturated carbocycles. The molecule has 0 radical (unpaired) electrons. The third-order valence-electron chi connectivity index (χ3n) is 1.57. The van der Waals surface area contributed by atoms with E-state index >= 15 is 0 Å². The second kappa shape index (κ2) is 10.6. The molecule has 1 N–H and O–H groups in total. The Bertz CT molecular complexity index is 484. The van der Waals surface area contributed by atoms with Crippen molar-refractivity contribution in [3.05, 3.63) is 74.6 Å². The van der Waals surface area contributed by atoms with E-state index < -0.39 is 11.7 Å². The van der Waals surface area contributed by atoms with Crippen molar-refractivity contribution in [2.24, 2.45) is 0 Å². The van der Waals surface area contributed by atoms with Crippen LogP contribution >= 0.6 is 0 Å². The number of aliphatic carboxylic acids is 1. The number of carboxylic acids is 1. The predicted molar refractivity (Wildman–Crippen MR) is 67.9 cm³/mol. The van der Waals surface area contributed by atoms with Gasteiger partial charge in [-0.3, -0.25) is 0 Å². The molecule has 0 bridgehead atoms. The van der Waals surface area contributed by atoms with E-state index in [1.54, 1.807) is 0 Å². The molecular formula is C13H12O8. The van der Waals surface area contributed by atoms with Crippen LogP contribution in [0.5, 0.6) is 0 Å². The minimum Gasteiger partial charge on any atom is -0.475 e. The van der Waals surface area contributed by atoms with Gasteiger partial charge in [-0.05, 0) is 0 Å². The SMILES string of the molecule is O=C(O)C1=COC=COC=COC=COC=COC=CO1. The normalized spacial score (nSPS) is 15.7. The quantitative estimate of drug-likeness (QED) is 0.788. The lowest BCUT2D eigenvalue weighted by Crippen LogP contribution is -2.02. The molecule has 0 unspecified atom stereocenters. The van der Waals surface area contributed by atoms with Crippen LogP contribution in [0.25, 0.3) is 0 Å². The highest BCUT2D eigenvalue weighted by Gasteiger charge is 2.07. The Labute approximate surface area is 120 Å². The second-order valence-electron chi connectivity index (χ2n) is 2.95. The Hall–Kier alpha value is -3.29. The summed E-state index contributed by atoms with van der Waals surface area (Å²) in [6, 6.07) is 0. The Morgan fingerprint density at radius 3 is 1.48 bits per heavy atom. The predicted octanol–water partition coefficient (Wildman–Crippen LogP) is 2.38. The van der Waals surface area contributed by atoms with Gasteiger partial charge in [-0.2, -0.15) is 0 Å². The highest BCUT2D eigenvalue weighted by atomic mass is 16.5. The fraction of sp³-hybridized carbons (Fsp3) is 0. The van der Waals surface area contributed by atoms with Crippen LogP contribution in [0.2, 0.25) is 0 Å². The number of ether oxygens (including phenoxy) is 6. The summed E-state index contributed by atoms with van der Waals surface area (Å²) in [7, 11) is 0. The molecule has 8 heteroatoms. The minimum atomic E-state index is -1.32. The Kier molecular flexibility index (Phi) is 7.97. The molecule has 8 nitrogen and oxygen atoms in total. The third kappa shape index (κ3) is 8.43. The van der Waals surface area contributed by atoms with Crippen molar-refractivity contribution in [2.45, 2.75) is 0 Å². The molecule has 1 aliphatic heterocycles. The average Bonchev–Trinajstić information content (AvgIpc) is 2.47. The fourth-order valence-electron chi connectivity index (χ4n) is 0.801. The maximum atomic E-state index is 10.8. The Morgan fingerprint density at radius 1 is 0.667 bits per heavy atom. The molecule has 1 rings (SSSR count). The third-order valence-corrected chi connectivity index (χ3v) is 1.57. The van der Waals surface area contributed by atoms with E-state index in [4.69, 9.17) is 33.5 Å². The number of hydrogen-bond acceptors (Lipinski definition) is 7. The molecule has 0 aromatic carbocycles. The van der Waals surface area contributed by atoms with Crippen molar-refractivity contribution in [2.75, 3.05) is 0 Å². The molecule has 0 fully saturated rings. The van der Waals surface area contributed by atoms with Crippen molar-refractivity contribution in [1.82, 2.24) is 0 Å². The average molecular weight is 296 g/mol. The van der Waals surface area contributed by atoms with Gasteiger partial charge in [0.2, 0.25) is 5.76 Å². The molecule has 0 spiro atoms. The summed E-state index contributed by atoms with van der Waals surface area (Å²) in [5.74, 6) is -1.77. The number of rotatable bonds is 1. The van der Waals surface area contributed by atoms with Gasteiger partial charge in [-0.1, -0.05) is 0 Å². The van der Waals surface area contributed by atoms with E-state index in [0.29, 0.717) is 0 Å². The van der Waals surface area contributed by atoms with Gasteiger partial charge in [0.05, 0.1) is 0 Å². The first kappa shape index (κ1) is 15.8. The zero-order chi connectivity index (χ0) is 15.2. The molecule has 112 valence electrons. The van der Waals surface area contributed by atoms with Crippen LogP contribution in [0, 0.1) is 0 Å². The van der Waals surface area contributed by atoms with Gasteiger partial charge in [-0.25, -0.2) is 4.79 Å². The zero-order valence-corrected chi connectivity index (χ0v) is 10.7. The monoisotopic (exact) mass is 296 g/mol. The number of carbonyl (C=O) groups is 1. The fourth-order valence-corrected chi connectivity index (χ4v) is 0.801. The number of carboxylic acid groups (broad SMARTS) is 1. The molecular weight excluding hydrogens is 284 g/mol. The van der Waals surface area contributed by atoms with E-state index in [2.05, 4.69) is 0 Å². The molecule has 1 aliphatic rings. The lowest BCUT2D eigenvalue weighted by molar-refractivity contribution is -0.135. The summed E-state index contributed by atoms with van der Waals surface area (Å²) in [6.45, 7) is 0. The molecule has 0 atom stereocenters. The van der Waals surface area contributed by atoms with Crippen LogP contribution in [-0.2, 0) is 33.2 Å². The van der Waals surface area contributed by atoms with E-state index in [9.17, 15) is 4.79 Å². The molecule has 0 amide bonds. The van der Waals surface area contributed by atoms with Crippen LogP contribution in [0.1, 0.15) is 0 Å². The van der Waals surface area contributed by atoms with Crippen molar-refractivity contribution in [3.8, 4) is 0 Å². The summed E-state index contributed by atoms with van der Waals surface area (Å²) in [6.07, 6.45) is 12.6. The van der Waals surface area contributed by atoms with Gasteiger partial charge in [0.15, 0.2) is 0 Å². The van der Waals surface area contributed by atoms with Crippen molar-refractivity contribution >= 4 is 5.97 Å².